The van der Waals surface area contributed by atoms with Crippen molar-refractivity contribution >= 4 is 33.3 Å². The lowest BCUT2D eigenvalue weighted by Gasteiger charge is -2.10. The standard InChI is InChI=1S/C16H13ClN4O4S/c1-25-16(22)11-6-5-10(8-12(11)17)26(23,24)21-14-9-19-20-15(14)13-4-2-3-7-18-13/h2-9,21H,1H3,(H,19,20). The Morgan fingerprint density at radius 3 is 2.73 bits per heavy atom. The molecule has 3 rings (SSSR count). The maximum absolute atomic E-state index is 12.6. The smallest absolute Gasteiger partial charge is 0.339 e. The van der Waals surface area contributed by atoms with Crippen LogP contribution in [0.1, 0.15) is 10.4 Å². The SMILES string of the molecule is COC(=O)c1ccc(S(=O)(=O)Nc2cn[nH]c2-c2ccccn2)cc1Cl. The van der Waals surface area contributed by atoms with E-state index < -0.39 is 16.0 Å². The van der Waals surface area contributed by atoms with Gasteiger partial charge in [0.2, 0.25) is 0 Å². The molecule has 0 aliphatic rings. The summed E-state index contributed by atoms with van der Waals surface area (Å²) in [6.45, 7) is 0. The third kappa shape index (κ3) is 3.53. The van der Waals surface area contributed by atoms with Gasteiger partial charge in [0.05, 0.1) is 40.2 Å². The first-order valence-corrected chi connectivity index (χ1v) is 9.14. The topological polar surface area (TPSA) is 114 Å². The van der Waals surface area contributed by atoms with Crippen LogP contribution in [0.4, 0.5) is 5.69 Å². The van der Waals surface area contributed by atoms with E-state index in [1.165, 1.54) is 31.5 Å². The molecule has 26 heavy (non-hydrogen) atoms. The van der Waals surface area contributed by atoms with Crippen molar-refractivity contribution < 1.29 is 17.9 Å². The molecule has 0 aliphatic heterocycles. The number of esters is 1. The molecule has 2 heterocycles. The number of carbonyl (C=O) groups is 1. The molecule has 0 amide bonds. The van der Waals surface area contributed by atoms with Gasteiger partial charge in [-0.2, -0.15) is 5.10 Å². The van der Waals surface area contributed by atoms with Crippen LogP contribution in [-0.4, -0.2) is 36.7 Å². The summed E-state index contributed by atoms with van der Waals surface area (Å²) in [6, 6.07) is 8.96. The zero-order chi connectivity index (χ0) is 18.7. The van der Waals surface area contributed by atoms with Crippen LogP contribution in [0, 0.1) is 0 Å². The van der Waals surface area contributed by atoms with E-state index in [0.29, 0.717) is 11.4 Å². The van der Waals surface area contributed by atoms with Crippen molar-refractivity contribution in [1.29, 1.82) is 0 Å². The molecule has 0 spiro atoms. The number of pyridine rings is 1. The molecule has 0 fully saturated rings. The normalized spacial score (nSPS) is 11.2. The average molecular weight is 393 g/mol. The van der Waals surface area contributed by atoms with Gasteiger partial charge in [-0.05, 0) is 30.3 Å². The van der Waals surface area contributed by atoms with E-state index in [1.54, 1.807) is 24.4 Å². The first kappa shape index (κ1) is 17.9. The number of hydrogen-bond acceptors (Lipinski definition) is 6. The third-order valence-electron chi connectivity index (χ3n) is 3.46. The summed E-state index contributed by atoms with van der Waals surface area (Å²) in [5, 5.41) is 6.54. The lowest BCUT2D eigenvalue weighted by molar-refractivity contribution is 0.0601. The molecule has 8 nitrogen and oxygen atoms in total. The number of sulfonamides is 1. The number of halogens is 1. The molecule has 0 atom stereocenters. The molecule has 134 valence electrons. The summed E-state index contributed by atoms with van der Waals surface area (Å²) in [7, 11) is -2.75. The average Bonchev–Trinajstić information content (AvgIpc) is 3.09. The van der Waals surface area contributed by atoms with Crippen molar-refractivity contribution in [2.24, 2.45) is 0 Å². The predicted octanol–water partition coefficient (Wildman–Crippen LogP) is 2.71. The van der Waals surface area contributed by atoms with Crippen LogP contribution in [-0.2, 0) is 14.8 Å². The number of anilines is 1. The van der Waals surface area contributed by atoms with E-state index in [2.05, 4.69) is 24.6 Å². The van der Waals surface area contributed by atoms with Gasteiger partial charge in [0.1, 0.15) is 5.69 Å². The number of carbonyl (C=O) groups excluding carboxylic acids is 1. The summed E-state index contributed by atoms with van der Waals surface area (Å²) in [5.74, 6) is -0.654. The summed E-state index contributed by atoms with van der Waals surface area (Å²) >= 11 is 6.00. The van der Waals surface area contributed by atoms with Gasteiger partial charge >= 0.3 is 5.97 Å². The number of hydrogen-bond donors (Lipinski definition) is 2. The van der Waals surface area contributed by atoms with E-state index in [0.717, 1.165) is 0 Å². The number of rotatable bonds is 5. The number of ether oxygens (including phenoxy) is 1. The van der Waals surface area contributed by atoms with E-state index >= 15 is 0 Å². The Morgan fingerprint density at radius 1 is 1.27 bits per heavy atom. The van der Waals surface area contributed by atoms with Crippen LogP contribution >= 0.6 is 11.6 Å². The molecule has 2 N–H and O–H groups in total. The predicted molar refractivity (Wildman–Crippen MR) is 95.4 cm³/mol. The number of benzene rings is 1. The van der Waals surface area contributed by atoms with Crippen molar-refractivity contribution in [2.45, 2.75) is 4.90 Å². The fourth-order valence-corrected chi connectivity index (χ4v) is 3.62. The zero-order valence-corrected chi connectivity index (χ0v) is 15.0. The molecule has 0 bridgehead atoms. The molecule has 2 aromatic heterocycles. The Morgan fingerprint density at radius 2 is 2.08 bits per heavy atom. The number of nitrogens with zero attached hydrogens (tertiary/aromatic N) is 2. The molecule has 1 aromatic carbocycles. The first-order valence-electron chi connectivity index (χ1n) is 7.28. The first-order chi connectivity index (χ1) is 12.4. The third-order valence-corrected chi connectivity index (χ3v) is 5.14. The number of H-pyrrole nitrogens is 1. The summed E-state index contributed by atoms with van der Waals surface area (Å²) in [5.41, 5.74) is 1.26. The van der Waals surface area contributed by atoms with Gasteiger partial charge in [-0.15, -0.1) is 0 Å². The number of aromatic amines is 1. The Kier molecular flexibility index (Phi) is 4.92. The molecule has 0 unspecified atom stereocenters. The number of nitrogens with one attached hydrogen (secondary N) is 2. The van der Waals surface area contributed by atoms with Crippen LogP contribution in [0.15, 0.2) is 53.7 Å². The quantitative estimate of drug-likeness (QED) is 0.645. The molecule has 0 saturated heterocycles. The van der Waals surface area contributed by atoms with E-state index in [4.69, 9.17) is 11.6 Å². The van der Waals surface area contributed by atoms with Crippen LogP contribution < -0.4 is 4.72 Å². The molecule has 0 aliphatic carbocycles. The van der Waals surface area contributed by atoms with Crippen molar-refractivity contribution in [2.75, 3.05) is 11.8 Å². The summed E-state index contributed by atoms with van der Waals surface area (Å²) in [6.07, 6.45) is 2.92. The minimum absolute atomic E-state index is 0.0307. The lowest BCUT2D eigenvalue weighted by atomic mass is 10.2. The van der Waals surface area contributed by atoms with Gasteiger partial charge in [-0.1, -0.05) is 17.7 Å². The van der Waals surface area contributed by atoms with Crippen LogP contribution in [0.2, 0.25) is 5.02 Å². The molecule has 0 radical (unpaired) electrons. The maximum Gasteiger partial charge on any atom is 0.339 e. The minimum atomic E-state index is -3.96. The minimum Gasteiger partial charge on any atom is -0.465 e. The highest BCUT2D eigenvalue weighted by Crippen LogP contribution is 2.27. The highest BCUT2D eigenvalue weighted by atomic mass is 35.5. The Hall–Kier alpha value is -2.91. The molecular weight excluding hydrogens is 380 g/mol. The zero-order valence-electron chi connectivity index (χ0n) is 13.4. The van der Waals surface area contributed by atoms with Crippen LogP contribution in [0.25, 0.3) is 11.4 Å². The summed E-state index contributed by atoms with van der Waals surface area (Å²) in [4.78, 5) is 15.6. The van der Waals surface area contributed by atoms with Crippen molar-refractivity contribution in [3.05, 3.63) is 59.4 Å². The highest BCUT2D eigenvalue weighted by molar-refractivity contribution is 7.92. The molecular formula is C16H13ClN4O4S. The number of methoxy groups -OCH3 is 1. The van der Waals surface area contributed by atoms with Crippen molar-refractivity contribution in [3.63, 3.8) is 0 Å². The second-order valence-electron chi connectivity index (χ2n) is 5.11. The lowest BCUT2D eigenvalue weighted by Crippen LogP contribution is -2.14. The van der Waals surface area contributed by atoms with Crippen molar-refractivity contribution in [1.82, 2.24) is 15.2 Å². The maximum atomic E-state index is 12.6. The van der Waals surface area contributed by atoms with Gasteiger partial charge in [0.15, 0.2) is 0 Å². The van der Waals surface area contributed by atoms with Crippen LogP contribution in [0.3, 0.4) is 0 Å². The Balaban J connectivity index is 1.93. The van der Waals surface area contributed by atoms with Gasteiger partial charge in [0, 0.05) is 6.20 Å². The second kappa shape index (κ2) is 7.14. The fraction of sp³-hybridized carbons (Fsp3) is 0.0625. The monoisotopic (exact) mass is 392 g/mol. The van der Waals surface area contributed by atoms with Gasteiger partial charge in [-0.25, -0.2) is 13.2 Å². The molecule has 3 aromatic rings. The fourth-order valence-electron chi connectivity index (χ4n) is 2.21. The molecule has 0 saturated carbocycles. The Labute approximate surface area is 154 Å². The van der Waals surface area contributed by atoms with Gasteiger partial charge < -0.3 is 4.74 Å². The summed E-state index contributed by atoms with van der Waals surface area (Å²) < 4.78 is 32.3. The van der Waals surface area contributed by atoms with Gasteiger partial charge in [0.25, 0.3) is 10.0 Å². The highest BCUT2D eigenvalue weighted by Gasteiger charge is 2.21. The Bertz CT molecular complexity index is 1050. The van der Waals surface area contributed by atoms with E-state index in [-0.39, 0.29) is 21.2 Å². The number of aromatic nitrogens is 3. The van der Waals surface area contributed by atoms with Crippen molar-refractivity contribution in [3.8, 4) is 11.4 Å². The largest absolute Gasteiger partial charge is 0.465 e. The van der Waals surface area contributed by atoms with E-state index in [9.17, 15) is 13.2 Å². The van der Waals surface area contributed by atoms with E-state index in [1.807, 2.05) is 0 Å². The van der Waals surface area contributed by atoms with Gasteiger partial charge in [-0.3, -0.25) is 14.8 Å². The molecule has 10 heteroatoms. The second-order valence-corrected chi connectivity index (χ2v) is 7.20. The van der Waals surface area contributed by atoms with Crippen LogP contribution in [0.5, 0.6) is 0 Å².